The minimum atomic E-state index is -0.366. The van der Waals surface area contributed by atoms with E-state index in [1.165, 1.54) is 18.4 Å². The molecule has 0 unspecified atom stereocenters. The Morgan fingerprint density at radius 3 is 2.57 bits per heavy atom. The van der Waals surface area contributed by atoms with Gasteiger partial charge in [-0.25, -0.2) is 14.8 Å². The van der Waals surface area contributed by atoms with E-state index < -0.39 is 0 Å². The van der Waals surface area contributed by atoms with Gasteiger partial charge in [-0.1, -0.05) is 32.4 Å². The summed E-state index contributed by atoms with van der Waals surface area (Å²) in [4.78, 5) is 21.3. The molecule has 0 aliphatic heterocycles. The lowest BCUT2D eigenvalue weighted by Crippen LogP contribution is -2.16. The molecule has 0 atom stereocenters. The summed E-state index contributed by atoms with van der Waals surface area (Å²) in [6.45, 7) is 7.99. The smallest absolute Gasteiger partial charge is 0.348 e. The van der Waals surface area contributed by atoms with E-state index in [1.54, 1.807) is 6.07 Å². The summed E-state index contributed by atoms with van der Waals surface area (Å²) in [6, 6.07) is 1.68. The summed E-state index contributed by atoms with van der Waals surface area (Å²) in [7, 11) is 1.37. The molecule has 2 rings (SSSR count). The van der Waals surface area contributed by atoms with Crippen LogP contribution in [0.2, 0.25) is 5.15 Å². The number of aromatic nitrogens is 2. The first kappa shape index (κ1) is 15.9. The lowest BCUT2D eigenvalue weighted by atomic mass is 9.95. The fraction of sp³-hybridized carbons (Fsp3) is 0.400. The zero-order valence-corrected chi connectivity index (χ0v) is 14.2. The predicted molar refractivity (Wildman–Crippen MR) is 85.1 cm³/mol. The highest BCUT2D eigenvalue weighted by molar-refractivity contribution is 7.12. The van der Waals surface area contributed by atoms with Crippen LogP contribution in [0.5, 0.6) is 0 Å². The number of hydrogen-bond acceptors (Lipinski definition) is 5. The zero-order chi connectivity index (χ0) is 15.8. The van der Waals surface area contributed by atoms with Crippen molar-refractivity contribution in [3.05, 3.63) is 32.9 Å². The van der Waals surface area contributed by atoms with Crippen LogP contribution in [0, 0.1) is 6.92 Å². The molecule has 0 saturated heterocycles. The van der Waals surface area contributed by atoms with Gasteiger partial charge in [-0.05, 0) is 17.9 Å². The molecule has 0 bridgehead atoms. The van der Waals surface area contributed by atoms with E-state index in [0.29, 0.717) is 21.5 Å². The number of carbonyl (C=O) groups is 1. The van der Waals surface area contributed by atoms with E-state index in [-0.39, 0.29) is 11.4 Å². The van der Waals surface area contributed by atoms with Crippen LogP contribution in [0.25, 0.3) is 11.3 Å². The van der Waals surface area contributed by atoms with E-state index in [1.807, 2.05) is 33.1 Å². The molecular formula is C15H17ClN2O2S. The SMILES string of the molecule is COC(=O)c1scc(C)c1-c1cc(Cl)nc(C(C)(C)C)n1. The summed E-state index contributed by atoms with van der Waals surface area (Å²) in [5.74, 6) is 0.279. The Morgan fingerprint density at radius 2 is 2.00 bits per heavy atom. The normalized spacial score (nSPS) is 11.5. The standard InChI is InChI=1S/C15H17ClN2O2S/c1-8-7-21-12(13(19)20-5)11(8)9-6-10(16)18-14(17-9)15(2,3)4/h6-7H,1-5H3. The van der Waals surface area contributed by atoms with Gasteiger partial charge in [0, 0.05) is 17.0 Å². The quantitative estimate of drug-likeness (QED) is 0.612. The number of halogens is 1. The molecule has 0 saturated carbocycles. The monoisotopic (exact) mass is 324 g/mol. The number of hydrogen-bond donors (Lipinski definition) is 0. The van der Waals surface area contributed by atoms with E-state index >= 15 is 0 Å². The maximum atomic E-state index is 11.9. The zero-order valence-electron chi connectivity index (χ0n) is 12.7. The van der Waals surface area contributed by atoms with Gasteiger partial charge in [0.25, 0.3) is 0 Å². The van der Waals surface area contributed by atoms with Gasteiger partial charge >= 0.3 is 5.97 Å². The van der Waals surface area contributed by atoms with Crippen molar-refractivity contribution < 1.29 is 9.53 Å². The molecule has 0 spiro atoms. The van der Waals surface area contributed by atoms with E-state index in [4.69, 9.17) is 16.3 Å². The van der Waals surface area contributed by atoms with Crippen molar-refractivity contribution in [1.29, 1.82) is 0 Å². The van der Waals surface area contributed by atoms with Crippen molar-refractivity contribution >= 4 is 28.9 Å². The van der Waals surface area contributed by atoms with Gasteiger partial charge in [-0.3, -0.25) is 0 Å². The van der Waals surface area contributed by atoms with Crippen molar-refractivity contribution in [3.63, 3.8) is 0 Å². The highest BCUT2D eigenvalue weighted by Crippen LogP contribution is 2.34. The second kappa shape index (κ2) is 5.73. The summed E-state index contributed by atoms with van der Waals surface area (Å²) in [5.41, 5.74) is 2.16. The Kier molecular flexibility index (Phi) is 4.35. The van der Waals surface area contributed by atoms with Crippen LogP contribution in [-0.4, -0.2) is 23.0 Å². The molecular weight excluding hydrogens is 308 g/mol. The van der Waals surface area contributed by atoms with Crippen molar-refractivity contribution in [1.82, 2.24) is 9.97 Å². The minimum absolute atomic E-state index is 0.227. The molecule has 0 aliphatic carbocycles. The molecule has 2 aromatic rings. The Morgan fingerprint density at radius 1 is 1.33 bits per heavy atom. The number of rotatable bonds is 2. The highest BCUT2D eigenvalue weighted by atomic mass is 35.5. The molecule has 6 heteroatoms. The first-order valence-corrected chi connectivity index (χ1v) is 7.71. The van der Waals surface area contributed by atoms with Gasteiger partial charge < -0.3 is 4.74 Å². The molecule has 112 valence electrons. The van der Waals surface area contributed by atoms with Crippen LogP contribution >= 0.6 is 22.9 Å². The second-order valence-corrected chi connectivity index (χ2v) is 7.03. The molecule has 0 fully saturated rings. The molecule has 2 heterocycles. The molecule has 2 aromatic heterocycles. The Balaban J connectivity index is 2.65. The molecule has 0 aromatic carbocycles. The van der Waals surface area contributed by atoms with Gasteiger partial charge in [0.1, 0.15) is 15.9 Å². The van der Waals surface area contributed by atoms with Crippen LogP contribution in [-0.2, 0) is 10.2 Å². The predicted octanol–water partition coefficient (Wildman–Crippen LogP) is 4.25. The largest absolute Gasteiger partial charge is 0.465 e. The number of esters is 1. The van der Waals surface area contributed by atoms with Crippen molar-refractivity contribution in [2.45, 2.75) is 33.1 Å². The van der Waals surface area contributed by atoms with E-state index in [9.17, 15) is 4.79 Å². The highest BCUT2D eigenvalue weighted by Gasteiger charge is 2.23. The molecule has 0 radical (unpaired) electrons. The minimum Gasteiger partial charge on any atom is -0.465 e. The third-order valence-electron chi connectivity index (χ3n) is 2.97. The third kappa shape index (κ3) is 3.24. The Labute approximate surface area is 133 Å². The van der Waals surface area contributed by atoms with Gasteiger partial charge in [0.05, 0.1) is 12.8 Å². The van der Waals surface area contributed by atoms with Gasteiger partial charge in [0.2, 0.25) is 0 Å². The first-order chi connectivity index (χ1) is 9.74. The van der Waals surface area contributed by atoms with Crippen LogP contribution in [0.1, 0.15) is 41.8 Å². The number of nitrogens with zero attached hydrogens (tertiary/aromatic N) is 2. The van der Waals surface area contributed by atoms with Gasteiger partial charge in [0.15, 0.2) is 0 Å². The van der Waals surface area contributed by atoms with Crippen LogP contribution < -0.4 is 0 Å². The molecule has 0 N–H and O–H groups in total. The van der Waals surface area contributed by atoms with Crippen LogP contribution in [0.4, 0.5) is 0 Å². The van der Waals surface area contributed by atoms with Crippen LogP contribution in [0.3, 0.4) is 0 Å². The van der Waals surface area contributed by atoms with Gasteiger partial charge in [-0.15, -0.1) is 11.3 Å². The maximum absolute atomic E-state index is 11.9. The van der Waals surface area contributed by atoms with Gasteiger partial charge in [-0.2, -0.15) is 0 Å². The van der Waals surface area contributed by atoms with Crippen molar-refractivity contribution in [2.24, 2.45) is 0 Å². The Bertz CT molecular complexity index is 689. The number of thiophene rings is 1. The number of aryl methyl sites for hydroxylation is 1. The second-order valence-electron chi connectivity index (χ2n) is 5.76. The number of ether oxygens (including phenoxy) is 1. The summed E-state index contributed by atoms with van der Waals surface area (Å²) >= 11 is 7.47. The van der Waals surface area contributed by atoms with Crippen molar-refractivity contribution in [3.8, 4) is 11.3 Å². The fourth-order valence-electron chi connectivity index (χ4n) is 1.89. The lowest BCUT2D eigenvalue weighted by molar-refractivity contribution is 0.0607. The average molecular weight is 325 g/mol. The summed E-state index contributed by atoms with van der Waals surface area (Å²) in [6.07, 6.45) is 0. The number of methoxy groups -OCH3 is 1. The number of carbonyl (C=O) groups excluding carboxylic acids is 1. The third-order valence-corrected chi connectivity index (χ3v) is 4.24. The lowest BCUT2D eigenvalue weighted by Gasteiger charge is -2.17. The first-order valence-electron chi connectivity index (χ1n) is 6.46. The maximum Gasteiger partial charge on any atom is 0.348 e. The van der Waals surface area contributed by atoms with Crippen LogP contribution in [0.15, 0.2) is 11.4 Å². The molecule has 0 aliphatic rings. The summed E-state index contributed by atoms with van der Waals surface area (Å²) in [5, 5.41) is 2.28. The molecule has 0 amide bonds. The Hall–Kier alpha value is -1.46. The summed E-state index contributed by atoms with van der Waals surface area (Å²) < 4.78 is 4.83. The topological polar surface area (TPSA) is 52.1 Å². The van der Waals surface area contributed by atoms with E-state index in [0.717, 1.165) is 11.1 Å². The molecule has 21 heavy (non-hydrogen) atoms. The average Bonchev–Trinajstić information content (AvgIpc) is 2.78. The molecule has 4 nitrogen and oxygen atoms in total. The van der Waals surface area contributed by atoms with Crippen molar-refractivity contribution in [2.75, 3.05) is 7.11 Å². The fourth-order valence-corrected chi connectivity index (χ4v) is 3.05. The van der Waals surface area contributed by atoms with E-state index in [2.05, 4.69) is 9.97 Å².